The summed E-state index contributed by atoms with van der Waals surface area (Å²) in [6.45, 7) is 1.97. The van der Waals surface area contributed by atoms with Gasteiger partial charge in [-0.05, 0) is 42.3 Å². The van der Waals surface area contributed by atoms with Gasteiger partial charge in [0.1, 0.15) is 0 Å². The molecule has 1 aliphatic rings. The number of benzene rings is 2. The van der Waals surface area contributed by atoms with Crippen LogP contribution < -0.4 is 10.1 Å². The van der Waals surface area contributed by atoms with Gasteiger partial charge in [0.05, 0.1) is 19.7 Å². The standard InChI is InChI=1S/C21H21FN2O4/c1-13(16-7-8-18(28-2)17(22)11-16)23-21(27)15-5-3-14(4-6-15)12-24-19(25)9-10-20(24)26/h3-8,11,13H,9-10,12H2,1-2H3,(H,23,27)/t13-/m0/s1. The molecule has 3 rings (SSSR count). The molecule has 6 nitrogen and oxygen atoms in total. The van der Waals surface area contributed by atoms with Gasteiger partial charge in [-0.3, -0.25) is 19.3 Å². The van der Waals surface area contributed by atoms with E-state index >= 15 is 0 Å². The van der Waals surface area contributed by atoms with Crippen LogP contribution in [0.1, 0.15) is 47.3 Å². The molecule has 1 N–H and O–H groups in total. The highest BCUT2D eigenvalue weighted by atomic mass is 19.1. The van der Waals surface area contributed by atoms with E-state index in [4.69, 9.17) is 4.74 Å². The molecule has 0 aromatic heterocycles. The molecule has 0 unspecified atom stereocenters. The number of nitrogens with one attached hydrogen (secondary N) is 1. The third-order valence-corrected chi connectivity index (χ3v) is 4.74. The molecule has 146 valence electrons. The van der Waals surface area contributed by atoms with Crippen LogP contribution in [0.15, 0.2) is 42.5 Å². The molecule has 1 fully saturated rings. The van der Waals surface area contributed by atoms with Crippen LogP contribution in [0.5, 0.6) is 5.75 Å². The first-order chi connectivity index (χ1) is 13.4. The molecule has 0 saturated carbocycles. The van der Waals surface area contributed by atoms with E-state index in [9.17, 15) is 18.8 Å². The highest BCUT2D eigenvalue weighted by Crippen LogP contribution is 2.22. The topological polar surface area (TPSA) is 75.7 Å². The normalized spacial score (nSPS) is 14.9. The molecule has 1 atom stereocenters. The Morgan fingerprint density at radius 1 is 1.14 bits per heavy atom. The molecule has 2 aromatic rings. The predicted octanol–water partition coefficient (Wildman–Crippen LogP) is 2.97. The molecule has 2 aromatic carbocycles. The van der Waals surface area contributed by atoms with Gasteiger partial charge in [0.25, 0.3) is 5.91 Å². The fourth-order valence-corrected chi connectivity index (χ4v) is 3.06. The lowest BCUT2D eigenvalue weighted by Crippen LogP contribution is -2.28. The number of rotatable bonds is 6. The number of ether oxygens (including phenoxy) is 1. The van der Waals surface area contributed by atoms with Crippen LogP contribution >= 0.6 is 0 Å². The molecule has 0 bridgehead atoms. The van der Waals surface area contributed by atoms with Crippen molar-refractivity contribution in [3.05, 3.63) is 65.0 Å². The quantitative estimate of drug-likeness (QED) is 0.777. The first kappa shape index (κ1) is 19.5. The lowest BCUT2D eigenvalue weighted by atomic mass is 10.1. The van der Waals surface area contributed by atoms with Crippen molar-refractivity contribution < 1.29 is 23.5 Å². The Morgan fingerprint density at radius 2 is 1.79 bits per heavy atom. The van der Waals surface area contributed by atoms with Crippen molar-refractivity contribution in [3.63, 3.8) is 0 Å². The Labute approximate surface area is 162 Å². The maximum atomic E-state index is 13.8. The first-order valence-electron chi connectivity index (χ1n) is 8.95. The molecular formula is C21H21FN2O4. The highest BCUT2D eigenvalue weighted by Gasteiger charge is 2.28. The molecule has 0 radical (unpaired) electrons. The number of imide groups is 1. The number of amides is 3. The largest absolute Gasteiger partial charge is 0.494 e. The predicted molar refractivity (Wildman–Crippen MR) is 100 cm³/mol. The van der Waals surface area contributed by atoms with Gasteiger partial charge in [-0.25, -0.2) is 4.39 Å². The Balaban J connectivity index is 1.63. The maximum Gasteiger partial charge on any atom is 0.251 e. The summed E-state index contributed by atoms with van der Waals surface area (Å²) in [4.78, 5) is 37.1. The summed E-state index contributed by atoms with van der Waals surface area (Å²) in [5.74, 6) is -0.993. The van der Waals surface area contributed by atoms with Gasteiger partial charge in [0.2, 0.25) is 11.8 Å². The van der Waals surface area contributed by atoms with E-state index in [0.29, 0.717) is 11.1 Å². The van der Waals surface area contributed by atoms with Gasteiger partial charge in [-0.2, -0.15) is 0 Å². The number of hydrogen-bond donors (Lipinski definition) is 1. The molecule has 28 heavy (non-hydrogen) atoms. The zero-order valence-electron chi connectivity index (χ0n) is 15.7. The number of likely N-dealkylation sites (tertiary alicyclic amines) is 1. The van der Waals surface area contributed by atoms with Crippen molar-refractivity contribution in [2.75, 3.05) is 7.11 Å². The van der Waals surface area contributed by atoms with E-state index in [1.807, 2.05) is 0 Å². The van der Waals surface area contributed by atoms with E-state index < -0.39 is 11.9 Å². The molecule has 1 aliphatic heterocycles. The van der Waals surface area contributed by atoms with Crippen molar-refractivity contribution in [1.29, 1.82) is 0 Å². The molecule has 1 heterocycles. The van der Waals surface area contributed by atoms with E-state index in [1.165, 1.54) is 24.1 Å². The maximum absolute atomic E-state index is 13.8. The molecule has 1 saturated heterocycles. The minimum absolute atomic E-state index is 0.146. The number of methoxy groups -OCH3 is 1. The summed E-state index contributed by atoms with van der Waals surface area (Å²) < 4.78 is 18.7. The van der Waals surface area contributed by atoms with Gasteiger partial charge in [0.15, 0.2) is 11.6 Å². The molecule has 3 amide bonds. The Hall–Kier alpha value is -3.22. The summed E-state index contributed by atoms with van der Waals surface area (Å²) in [7, 11) is 1.39. The van der Waals surface area contributed by atoms with E-state index in [-0.39, 0.29) is 42.9 Å². The minimum Gasteiger partial charge on any atom is -0.494 e. The van der Waals surface area contributed by atoms with Crippen molar-refractivity contribution in [3.8, 4) is 5.75 Å². The molecular weight excluding hydrogens is 363 g/mol. The number of carbonyl (C=O) groups is 3. The zero-order chi connectivity index (χ0) is 20.3. The number of hydrogen-bond acceptors (Lipinski definition) is 4. The second-order valence-electron chi connectivity index (χ2n) is 6.66. The Morgan fingerprint density at radius 3 is 2.36 bits per heavy atom. The van der Waals surface area contributed by atoms with Crippen molar-refractivity contribution in [1.82, 2.24) is 10.2 Å². The SMILES string of the molecule is COc1ccc([C@H](C)NC(=O)c2ccc(CN3C(=O)CCC3=O)cc2)cc1F. The molecule has 0 spiro atoms. The average molecular weight is 384 g/mol. The van der Waals surface area contributed by atoms with E-state index in [0.717, 1.165) is 5.56 Å². The number of nitrogens with zero attached hydrogens (tertiary/aromatic N) is 1. The van der Waals surface area contributed by atoms with Crippen molar-refractivity contribution in [2.45, 2.75) is 32.4 Å². The van der Waals surface area contributed by atoms with Crippen LogP contribution in [0.25, 0.3) is 0 Å². The van der Waals surface area contributed by atoms with Gasteiger partial charge in [-0.1, -0.05) is 18.2 Å². The summed E-state index contributed by atoms with van der Waals surface area (Å²) in [6.07, 6.45) is 0.506. The summed E-state index contributed by atoms with van der Waals surface area (Å²) >= 11 is 0. The number of halogens is 1. The van der Waals surface area contributed by atoms with Crippen LogP contribution in [0, 0.1) is 5.82 Å². The van der Waals surface area contributed by atoms with Gasteiger partial charge in [0, 0.05) is 18.4 Å². The lowest BCUT2D eigenvalue weighted by Gasteiger charge is -2.16. The molecule has 0 aliphatic carbocycles. The van der Waals surface area contributed by atoms with E-state index in [1.54, 1.807) is 37.3 Å². The fourth-order valence-electron chi connectivity index (χ4n) is 3.06. The van der Waals surface area contributed by atoms with E-state index in [2.05, 4.69) is 5.32 Å². The first-order valence-corrected chi connectivity index (χ1v) is 8.95. The van der Waals surface area contributed by atoms with Crippen LogP contribution in [0.2, 0.25) is 0 Å². The Bertz CT molecular complexity index is 895. The van der Waals surface area contributed by atoms with Crippen LogP contribution in [0.3, 0.4) is 0 Å². The van der Waals surface area contributed by atoms with Crippen LogP contribution in [-0.4, -0.2) is 29.7 Å². The van der Waals surface area contributed by atoms with Crippen LogP contribution in [-0.2, 0) is 16.1 Å². The second kappa shape index (κ2) is 8.21. The third-order valence-electron chi connectivity index (χ3n) is 4.74. The molecule has 7 heteroatoms. The average Bonchev–Trinajstić information content (AvgIpc) is 3.00. The second-order valence-corrected chi connectivity index (χ2v) is 6.66. The Kier molecular flexibility index (Phi) is 5.73. The summed E-state index contributed by atoms with van der Waals surface area (Å²) in [6, 6.07) is 10.8. The summed E-state index contributed by atoms with van der Waals surface area (Å²) in [5.41, 5.74) is 1.82. The third kappa shape index (κ3) is 4.19. The number of carbonyl (C=O) groups excluding carboxylic acids is 3. The van der Waals surface area contributed by atoms with Crippen molar-refractivity contribution >= 4 is 17.7 Å². The monoisotopic (exact) mass is 384 g/mol. The minimum atomic E-state index is -0.489. The van der Waals surface area contributed by atoms with Crippen LogP contribution in [0.4, 0.5) is 4.39 Å². The van der Waals surface area contributed by atoms with Gasteiger partial charge in [-0.15, -0.1) is 0 Å². The van der Waals surface area contributed by atoms with Gasteiger partial charge >= 0.3 is 0 Å². The fraction of sp³-hybridized carbons (Fsp3) is 0.286. The summed E-state index contributed by atoms with van der Waals surface area (Å²) in [5, 5.41) is 2.82. The highest BCUT2D eigenvalue weighted by molar-refractivity contribution is 6.01. The zero-order valence-corrected chi connectivity index (χ0v) is 15.7. The smallest absolute Gasteiger partial charge is 0.251 e. The lowest BCUT2D eigenvalue weighted by molar-refractivity contribution is -0.139. The van der Waals surface area contributed by atoms with Crippen molar-refractivity contribution in [2.24, 2.45) is 0 Å². The van der Waals surface area contributed by atoms with Gasteiger partial charge < -0.3 is 10.1 Å².